The molecule has 1 rings (SSSR count). The first-order valence-electron chi connectivity index (χ1n) is 4.72. The largest absolute Gasteiger partial charge is 0.474 e. The number of ether oxygens (including phenoxy) is 2. The van der Waals surface area contributed by atoms with Gasteiger partial charge in [-0.15, -0.1) is 0 Å². The minimum Gasteiger partial charge on any atom is -0.474 e. The fourth-order valence-electron chi connectivity index (χ4n) is 1.16. The smallest absolute Gasteiger partial charge is 0.266 e. The lowest BCUT2D eigenvalue weighted by atomic mass is 10.2. The van der Waals surface area contributed by atoms with Gasteiger partial charge in [-0.25, -0.2) is 4.99 Å². The van der Waals surface area contributed by atoms with Crippen LogP contribution in [0.5, 0.6) is 0 Å². The second-order valence-corrected chi connectivity index (χ2v) is 8.89. The third kappa shape index (κ3) is 5.60. The molecule has 0 aromatic carbocycles. The summed E-state index contributed by atoms with van der Waals surface area (Å²) in [5, 5.41) is 7.51. The lowest BCUT2D eigenvalue weighted by molar-refractivity contribution is 0.0779. The first-order chi connectivity index (χ1) is 8.55. The summed E-state index contributed by atoms with van der Waals surface area (Å²) in [5.41, 5.74) is 0. The Hall–Kier alpha value is 1.41. The van der Waals surface area contributed by atoms with Gasteiger partial charge in [-0.1, -0.05) is 92.2 Å². The van der Waals surface area contributed by atoms with Crippen molar-refractivity contribution in [2.75, 3.05) is 11.0 Å². The van der Waals surface area contributed by atoms with Crippen molar-refractivity contribution in [3.63, 3.8) is 0 Å². The quantitative estimate of drug-likeness (QED) is 0.265. The number of alkyl halides is 7. The maximum Gasteiger partial charge on any atom is 0.266 e. The topological polar surface area (TPSA) is 54.7 Å². The highest BCUT2D eigenvalue weighted by Gasteiger charge is 2.40. The highest BCUT2D eigenvalue weighted by atomic mass is 127. The molecule has 1 aliphatic heterocycles. The highest BCUT2D eigenvalue weighted by molar-refractivity contribution is 14.1. The van der Waals surface area contributed by atoms with Crippen LogP contribution in [0, 0.1) is 5.41 Å². The van der Waals surface area contributed by atoms with Crippen LogP contribution in [0.1, 0.15) is 0 Å². The Bertz CT molecular complexity index is 380. The van der Waals surface area contributed by atoms with E-state index in [0.29, 0.717) is 4.43 Å². The van der Waals surface area contributed by atoms with Gasteiger partial charge in [-0.05, 0) is 0 Å². The van der Waals surface area contributed by atoms with Crippen molar-refractivity contribution in [2.24, 2.45) is 4.99 Å². The third-order valence-electron chi connectivity index (χ3n) is 2.02. The van der Waals surface area contributed by atoms with E-state index < -0.39 is 19.6 Å². The monoisotopic (exact) mass is 500 g/mol. The molecule has 0 bridgehead atoms. The Morgan fingerprint density at radius 3 is 2.37 bits per heavy atom. The van der Waals surface area contributed by atoms with Gasteiger partial charge in [0.1, 0.15) is 12.6 Å². The number of hydrogen-bond acceptors (Lipinski definition) is 4. The van der Waals surface area contributed by atoms with Crippen molar-refractivity contribution in [3.8, 4) is 0 Å². The van der Waals surface area contributed by atoms with Crippen LogP contribution >= 0.6 is 92.2 Å². The van der Waals surface area contributed by atoms with E-state index in [-0.39, 0.29) is 18.5 Å². The second kappa shape index (κ2) is 7.11. The molecule has 0 aromatic rings. The van der Waals surface area contributed by atoms with Crippen molar-refractivity contribution >= 4 is 104 Å². The predicted octanol–water partition coefficient (Wildman–Crippen LogP) is 4.32. The van der Waals surface area contributed by atoms with Crippen LogP contribution in [0.2, 0.25) is 0 Å². The summed E-state index contributed by atoms with van der Waals surface area (Å²) < 4.78 is 7.33. The Kier molecular flexibility index (Phi) is 6.91. The Balaban J connectivity index is 2.79. The molecule has 0 radical (unpaired) electrons. The summed E-state index contributed by atoms with van der Waals surface area (Å²) in [6.07, 6.45) is -0.587. The summed E-state index contributed by atoms with van der Waals surface area (Å²) >= 11 is 35.7. The first kappa shape index (κ1) is 18.5. The molecule has 1 N–H and O–H groups in total. The van der Waals surface area contributed by atoms with E-state index in [1.807, 2.05) is 0 Å². The number of aliphatic imine (C=N–C) groups is 1. The summed E-state index contributed by atoms with van der Waals surface area (Å²) in [6, 6.07) is -0.368. The molecule has 2 atom stereocenters. The van der Waals surface area contributed by atoms with E-state index in [4.69, 9.17) is 84.5 Å². The van der Waals surface area contributed by atoms with Crippen LogP contribution in [-0.4, -0.2) is 42.6 Å². The molecule has 0 spiro atoms. The van der Waals surface area contributed by atoms with E-state index in [1.54, 1.807) is 0 Å². The average molecular weight is 503 g/mol. The molecule has 19 heavy (non-hydrogen) atoms. The van der Waals surface area contributed by atoms with Gasteiger partial charge in [0.2, 0.25) is 11.8 Å². The maximum absolute atomic E-state index is 7.51. The van der Waals surface area contributed by atoms with Gasteiger partial charge < -0.3 is 9.47 Å². The van der Waals surface area contributed by atoms with Crippen LogP contribution < -0.4 is 0 Å². The van der Waals surface area contributed by atoms with Gasteiger partial charge in [0.25, 0.3) is 7.59 Å². The predicted molar refractivity (Wildman–Crippen MR) is 89.2 cm³/mol. The molecule has 0 aliphatic carbocycles. The fraction of sp³-hybridized carbons (Fsp3) is 0.750. The first-order valence-corrected chi connectivity index (χ1v) is 8.51. The maximum atomic E-state index is 7.51. The lowest BCUT2D eigenvalue weighted by Gasteiger charge is -2.31. The van der Waals surface area contributed by atoms with Crippen LogP contribution in [0.15, 0.2) is 4.99 Å². The van der Waals surface area contributed by atoms with Gasteiger partial charge >= 0.3 is 0 Å². The van der Waals surface area contributed by atoms with Crippen LogP contribution in [0.4, 0.5) is 0 Å². The number of nitrogens with zero attached hydrogens (tertiary/aromatic N) is 1. The van der Waals surface area contributed by atoms with Crippen LogP contribution in [0.3, 0.4) is 0 Å². The number of hydrogen-bond donors (Lipinski definition) is 1. The summed E-state index contributed by atoms with van der Waals surface area (Å²) in [6.45, 7) is 0.0452. The fourth-order valence-corrected chi connectivity index (χ4v) is 2.37. The molecule has 0 aromatic heterocycles. The standard InChI is InChI=1S/C8H7Cl6IN2O2/c9-7(10,11)5(16)19-4-2-18-6(8(12,13)14)17-3(4)1-15/h3-4,16H,1-2H2/t3-,4-/m0/s1. The van der Waals surface area contributed by atoms with Gasteiger partial charge in [0, 0.05) is 4.43 Å². The second-order valence-electron chi connectivity index (χ2n) is 3.45. The highest BCUT2D eigenvalue weighted by Crippen LogP contribution is 2.33. The molecular weight excluding hydrogens is 496 g/mol. The number of nitrogens with one attached hydrogen (secondary N) is 1. The summed E-state index contributed by atoms with van der Waals surface area (Å²) in [7, 11) is 0. The van der Waals surface area contributed by atoms with Gasteiger partial charge in [0.15, 0.2) is 6.10 Å². The number of halogens is 7. The molecule has 0 saturated heterocycles. The summed E-state index contributed by atoms with van der Waals surface area (Å²) in [4.78, 5) is 4.13. The molecule has 1 aliphatic rings. The van der Waals surface area contributed by atoms with E-state index in [1.165, 1.54) is 0 Å². The van der Waals surface area contributed by atoms with Gasteiger partial charge in [-0.2, -0.15) is 0 Å². The zero-order valence-corrected chi connectivity index (χ0v) is 15.7. The summed E-state index contributed by atoms with van der Waals surface area (Å²) in [5.74, 6) is -0.520. The van der Waals surface area contributed by atoms with E-state index in [0.717, 1.165) is 0 Å². The van der Waals surface area contributed by atoms with Crippen molar-refractivity contribution < 1.29 is 9.47 Å². The van der Waals surface area contributed by atoms with Gasteiger partial charge in [0.05, 0.1) is 0 Å². The molecule has 4 nitrogen and oxygen atoms in total. The number of rotatable bonds is 2. The lowest BCUT2D eigenvalue weighted by Crippen LogP contribution is -2.44. The Labute approximate surface area is 153 Å². The van der Waals surface area contributed by atoms with Crippen molar-refractivity contribution in [1.82, 2.24) is 0 Å². The molecule has 1 heterocycles. The van der Waals surface area contributed by atoms with Crippen LogP contribution in [-0.2, 0) is 9.47 Å². The van der Waals surface area contributed by atoms with Gasteiger partial charge in [-0.3, -0.25) is 5.41 Å². The zero-order valence-electron chi connectivity index (χ0n) is 8.98. The minimum absolute atomic E-state index is 0.0144. The van der Waals surface area contributed by atoms with E-state index in [2.05, 4.69) is 27.6 Å². The Morgan fingerprint density at radius 1 is 1.37 bits per heavy atom. The van der Waals surface area contributed by atoms with Crippen molar-refractivity contribution in [1.29, 1.82) is 5.41 Å². The Morgan fingerprint density at radius 2 is 1.95 bits per heavy atom. The molecular formula is C8H7Cl6IN2O2. The van der Waals surface area contributed by atoms with Crippen molar-refractivity contribution in [3.05, 3.63) is 0 Å². The minimum atomic E-state index is -1.94. The molecule has 11 heteroatoms. The van der Waals surface area contributed by atoms with E-state index >= 15 is 0 Å². The zero-order chi connectivity index (χ0) is 14.8. The van der Waals surface area contributed by atoms with Crippen molar-refractivity contribution in [2.45, 2.75) is 19.7 Å². The normalized spacial score (nSPS) is 24.5. The SMILES string of the molecule is N=C(O[C@H]1COC(C(Cl)(Cl)Cl)=N[C@H]1CI)C(Cl)(Cl)Cl. The molecule has 0 saturated carbocycles. The third-order valence-corrected chi connectivity index (χ3v) is 3.93. The molecule has 110 valence electrons. The average Bonchev–Trinajstić information content (AvgIpc) is 2.26. The van der Waals surface area contributed by atoms with E-state index in [9.17, 15) is 0 Å². The molecule has 0 unspecified atom stereocenters. The van der Waals surface area contributed by atoms with Crippen LogP contribution in [0.25, 0.3) is 0 Å². The molecule has 0 fully saturated rings. The molecule has 0 amide bonds.